The van der Waals surface area contributed by atoms with Crippen molar-refractivity contribution in [2.45, 2.75) is 19.5 Å². The van der Waals surface area contributed by atoms with Gasteiger partial charge in [0.25, 0.3) is 0 Å². The fraction of sp³-hybridized carbons (Fsp3) is 0.250. The van der Waals surface area contributed by atoms with Crippen LogP contribution in [0.2, 0.25) is 5.02 Å². The summed E-state index contributed by atoms with van der Waals surface area (Å²) in [5, 5.41) is 7.74. The quantitative estimate of drug-likeness (QED) is 0.886. The van der Waals surface area contributed by atoms with Gasteiger partial charge in [-0.25, -0.2) is 0 Å². The van der Waals surface area contributed by atoms with Crippen molar-refractivity contribution < 1.29 is 4.52 Å². The number of aromatic nitrogens is 1. The molecule has 1 aromatic carbocycles. The Bertz CT molecular complexity index is 442. The van der Waals surface area contributed by atoms with E-state index < -0.39 is 0 Å². The number of nitrogens with one attached hydrogen (secondary N) is 1. The molecule has 84 valence electrons. The molecule has 1 aromatic heterocycles. The minimum atomic E-state index is 0.226. The largest absolute Gasteiger partial charge is 0.360 e. The van der Waals surface area contributed by atoms with Gasteiger partial charge in [0.2, 0.25) is 0 Å². The molecule has 1 unspecified atom stereocenters. The molecule has 1 heterocycles. The number of hydrogen-bond donors (Lipinski definition) is 1. The van der Waals surface area contributed by atoms with E-state index >= 15 is 0 Å². The van der Waals surface area contributed by atoms with Crippen LogP contribution in [0.1, 0.15) is 24.3 Å². The molecule has 2 aromatic rings. The van der Waals surface area contributed by atoms with Crippen molar-refractivity contribution in [1.29, 1.82) is 0 Å². The zero-order chi connectivity index (χ0) is 11.4. The van der Waals surface area contributed by atoms with E-state index in [1.807, 2.05) is 30.3 Å². The highest BCUT2D eigenvalue weighted by atomic mass is 35.5. The molecule has 0 saturated carbocycles. The fourth-order valence-electron chi connectivity index (χ4n) is 1.48. The molecule has 3 nitrogen and oxygen atoms in total. The maximum atomic E-state index is 5.93. The van der Waals surface area contributed by atoms with Crippen molar-refractivity contribution in [3.05, 3.63) is 52.9 Å². The van der Waals surface area contributed by atoms with Gasteiger partial charge >= 0.3 is 0 Å². The third-order valence-electron chi connectivity index (χ3n) is 2.42. The fourth-order valence-corrected chi connectivity index (χ4v) is 1.68. The van der Waals surface area contributed by atoms with Crippen molar-refractivity contribution in [2.24, 2.45) is 0 Å². The van der Waals surface area contributed by atoms with Gasteiger partial charge in [0.15, 0.2) is 0 Å². The van der Waals surface area contributed by atoms with Crippen molar-refractivity contribution >= 4 is 11.6 Å². The molecule has 0 bridgehead atoms. The number of benzene rings is 1. The predicted octanol–water partition coefficient (Wildman–Crippen LogP) is 3.18. The normalized spacial score (nSPS) is 12.6. The first-order valence-corrected chi connectivity index (χ1v) is 5.52. The highest BCUT2D eigenvalue weighted by molar-refractivity contribution is 6.30. The van der Waals surface area contributed by atoms with Crippen LogP contribution in [0.4, 0.5) is 0 Å². The average molecular weight is 237 g/mol. The van der Waals surface area contributed by atoms with Crippen LogP contribution in [0.3, 0.4) is 0 Å². The first kappa shape index (κ1) is 11.2. The molecule has 0 spiro atoms. The Hall–Kier alpha value is -1.32. The Kier molecular flexibility index (Phi) is 3.59. The molecule has 1 atom stereocenters. The molecule has 0 amide bonds. The molecular weight excluding hydrogens is 224 g/mol. The Labute approximate surface area is 99.4 Å². The lowest BCUT2D eigenvalue weighted by Gasteiger charge is -2.13. The molecule has 0 saturated heterocycles. The van der Waals surface area contributed by atoms with Crippen LogP contribution in [0.5, 0.6) is 0 Å². The van der Waals surface area contributed by atoms with Crippen molar-refractivity contribution in [3.8, 4) is 0 Å². The van der Waals surface area contributed by atoms with Gasteiger partial charge in [0.05, 0.1) is 12.7 Å². The van der Waals surface area contributed by atoms with E-state index in [0.29, 0.717) is 6.54 Å². The Morgan fingerprint density at radius 2 is 2.31 bits per heavy atom. The summed E-state index contributed by atoms with van der Waals surface area (Å²) in [6.45, 7) is 2.75. The summed E-state index contributed by atoms with van der Waals surface area (Å²) >= 11 is 5.93. The summed E-state index contributed by atoms with van der Waals surface area (Å²) < 4.78 is 5.00. The van der Waals surface area contributed by atoms with E-state index in [1.165, 1.54) is 0 Å². The van der Waals surface area contributed by atoms with Gasteiger partial charge in [0.1, 0.15) is 5.76 Å². The lowest BCUT2D eigenvalue weighted by Crippen LogP contribution is -2.17. The zero-order valence-electron chi connectivity index (χ0n) is 8.98. The van der Waals surface area contributed by atoms with Gasteiger partial charge in [-0.1, -0.05) is 28.9 Å². The van der Waals surface area contributed by atoms with Gasteiger partial charge in [-0.2, -0.15) is 0 Å². The highest BCUT2D eigenvalue weighted by Gasteiger charge is 2.06. The van der Waals surface area contributed by atoms with Crippen LogP contribution >= 0.6 is 11.6 Å². The maximum Gasteiger partial charge on any atom is 0.150 e. The monoisotopic (exact) mass is 236 g/mol. The molecule has 0 aliphatic heterocycles. The van der Waals surface area contributed by atoms with E-state index in [2.05, 4.69) is 17.4 Å². The Morgan fingerprint density at radius 1 is 1.44 bits per heavy atom. The summed E-state index contributed by atoms with van der Waals surface area (Å²) in [5.74, 6) is 0.828. The highest BCUT2D eigenvalue weighted by Crippen LogP contribution is 2.17. The van der Waals surface area contributed by atoms with E-state index in [1.54, 1.807) is 6.20 Å². The van der Waals surface area contributed by atoms with Gasteiger partial charge in [-0.15, -0.1) is 0 Å². The van der Waals surface area contributed by atoms with Gasteiger partial charge in [-0.3, -0.25) is 0 Å². The number of nitrogens with zero attached hydrogens (tertiary/aromatic N) is 1. The molecule has 1 N–H and O–H groups in total. The van der Waals surface area contributed by atoms with E-state index in [0.717, 1.165) is 16.3 Å². The summed E-state index contributed by atoms with van der Waals surface area (Å²) in [5.41, 5.74) is 1.16. The van der Waals surface area contributed by atoms with Gasteiger partial charge in [-0.05, 0) is 24.6 Å². The van der Waals surface area contributed by atoms with Crippen LogP contribution in [0, 0.1) is 0 Å². The molecule has 2 rings (SSSR count). The summed E-state index contributed by atoms with van der Waals surface area (Å²) in [7, 11) is 0. The van der Waals surface area contributed by atoms with Crippen molar-refractivity contribution in [1.82, 2.24) is 10.5 Å². The van der Waals surface area contributed by atoms with Crippen molar-refractivity contribution in [2.75, 3.05) is 0 Å². The molecule has 0 fully saturated rings. The first-order valence-electron chi connectivity index (χ1n) is 5.14. The van der Waals surface area contributed by atoms with E-state index in [-0.39, 0.29) is 6.04 Å². The third kappa shape index (κ3) is 2.84. The number of hydrogen-bond acceptors (Lipinski definition) is 3. The molecule has 0 radical (unpaired) electrons. The van der Waals surface area contributed by atoms with Crippen LogP contribution in [0.15, 0.2) is 41.1 Å². The molecule has 4 heteroatoms. The Morgan fingerprint density at radius 3 is 3.00 bits per heavy atom. The second-order valence-corrected chi connectivity index (χ2v) is 4.07. The lowest BCUT2D eigenvalue weighted by molar-refractivity contribution is 0.366. The van der Waals surface area contributed by atoms with E-state index in [9.17, 15) is 0 Å². The summed E-state index contributed by atoms with van der Waals surface area (Å²) in [6, 6.07) is 9.89. The lowest BCUT2D eigenvalue weighted by atomic mass is 10.1. The average Bonchev–Trinajstić information content (AvgIpc) is 2.78. The smallest absolute Gasteiger partial charge is 0.150 e. The second kappa shape index (κ2) is 5.14. The number of rotatable bonds is 4. The minimum Gasteiger partial charge on any atom is -0.360 e. The molecule has 0 aliphatic carbocycles. The summed E-state index contributed by atoms with van der Waals surface area (Å²) in [6.07, 6.45) is 1.64. The van der Waals surface area contributed by atoms with Gasteiger partial charge in [0, 0.05) is 17.1 Å². The van der Waals surface area contributed by atoms with Crippen LogP contribution in [-0.2, 0) is 6.54 Å². The molecule has 0 aliphatic rings. The second-order valence-electron chi connectivity index (χ2n) is 3.64. The topological polar surface area (TPSA) is 38.1 Å². The number of halogens is 1. The van der Waals surface area contributed by atoms with Crippen LogP contribution in [-0.4, -0.2) is 5.16 Å². The van der Waals surface area contributed by atoms with Gasteiger partial charge < -0.3 is 9.84 Å². The van der Waals surface area contributed by atoms with E-state index in [4.69, 9.17) is 16.1 Å². The van der Waals surface area contributed by atoms with Crippen LogP contribution < -0.4 is 5.32 Å². The SMILES string of the molecule is CC(NCc1ccno1)c1cccc(Cl)c1. The van der Waals surface area contributed by atoms with Crippen LogP contribution in [0.25, 0.3) is 0 Å². The molecular formula is C12H13ClN2O. The predicted molar refractivity (Wildman–Crippen MR) is 63.2 cm³/mol. The molecule has 16 heavy (non-hydrogen) atoms. The minimum absolute atomic E-state index is 0.226. The summed E-state index contributed by atoms with van der Waals surface area (Å²) in [4.78, 5) is 0. The first-order chi connectivity index (χ1) is 7.75. The standard InChI is InChI=1S/C12H13ClN2O/c1-9(10-3-2-4-11(13)7-10)14-8-12-5-6-15-16-12/h2-7,9,14H,8H2,1H3. The Balaban J connectivity index is 1.95. The zero-order valence-corrected chi connectivity index (χ0v) is 9.74. The maximum absolute atomic E-state index is 5.93. The third-order valence-corrected chi connectivity index (χ3v) is 2.66. The van der Waals surface area contributed by atoms with Crippen molar-refractivity contribution in [3.63, 3.8) is 0 Å².